The van der Waals surface area contributed by atoms with Crippen LogP contribution in [0.1, 0.15) is 36.8 Å². The molecule has 0 bridgehead atoms. The topological polar surface area (TPSA) is 64.6 Å². The predicted octanol–water partition coefficient (Wildman–Crippen LogP) is 2.95. The average molecular weight is 381 g/mol. The number of carbonyl (C=O) groups excluding carboxylic acids is 1. The summed E-state index contributed by atoms with van der Waals surface area (Å²) in [5.41, 5.74) is 2.09. The third-order valence-electron chi connectivity index (χ3n) is 5.90. The fourth-order valence-electron chi connectivity index (χ4n) is 4.20. The fraction of sp³-hybridized carbons (Fsp3) is 0.500. The van der Waals surface area contributed by atoms with Crippen molar-refractivity contribution < 1.29 is 14.3 Å². The molecule has 1 spiro atoms. The molecule has 28 heavy (non-hydrogen) atoms. The van der Waals surface area contributed by atoms with Crippen molar-refractivity contribution in [2.45, 2.75) is 50.7 Å². The summed E-state index contributed by atoms with van der Waals surface area (Å²) in [6.45, 7) is 4.22. The zero-order chi connectivity index (χ0) is 19.4. The zero-order valence-electron chi connectivity index (χ0n) is 16.3. The van der Waals surface area contributed by atoms with Gasteiger partial charge in [0.15, 0.2) is 0 Å². The second-order valence-corrected chi connectivity index (χ2v) is 7.79. The molecule has 1 unspecified atom stereocenters. The molecule has 1 amide bonds. The van der Waals surface area contributed by atoms with Crippen LogP contribution in [-0.2, 0) is 16.0 Å². The van der Waals surface area contributed by atoms with Crippen LogP contribution in [0.2, 0.25) is 0 Å². The molecule has 2 aromatic rings. The lowest BCUT2D eigenvalue weighted by atomic mass is 9.83. The van der Waals surface area contributed by atoms with Crippen LogP contribution in [0.3, 0.4) is 0 Å². The van der Waals surface area contributed by atoms with Crippen molar-refractivity contribution in [3.8, 4) is 5.88 Å². The number of likely N-dealkylation sites (tertiary alicyclic amines) is 1. The maximum absolute atomic E-state index is 12.7. The molecule has 148 valence electrons. The number of hydrogen-bond donors (Lipinski definition) is 0. The lowest BCUT2D eigenvalue weighted by Gasteiger charge is -2.46. The minimum atomic E-state index is -0.190. The van der Waals surface area contributed by atoms with Crippen LogP contribution in [0.15, 0.2) is 42.9 Å². The smallest absolute Gasteiger partial charge is 0.232 e. The summed E-state index contributed by atoms with van der Waals surface area (Å²) in [5, 5.41) is 0. The van der Waals surface area contributed by atoms with Crippen LogP contribution in [0.5, 0.6) is 5.88 Å². The Morgan fingerprint density at radius 1 is 1.29 bits per heavy atom. The van der Waals surface area contributed by atoms with E-state index in [0.717, 1.165) is 44.3 Å². The maximum Gasteiger partial charge on any atom is 0.232 e. The van der Waals surface area contributed by atoms with Gasteiger partial charge in [0.25, 0.3) is 0 Å². The number of aryl methyl sites for hydroxylation is 1. The number of hydrogen-bond acceptors (Lipinski definition) is 5. The molecule has 0 saturated carbocycles. The van der Waals surface area contributed by atoms with Crippen LogP contribution < -0.4 is 4.74 Å². The lowest BCUT2D eigenvalue weighted by Crippen LogP contribution is -2.52. The highest BCUT2D eigenvalue weighted by molar-refractivity contribution is 5.79. The van der Waals surface area contributed by atoms with Crippen molar-refractivity contribution in [3.63, 3.8) is 0 Å². The van der Waals surface area contributed by atoms with E-state index in [1.165, 1.54) is 5.56 Å². The van der Waals surface area contributed by atoms with Crippen molar-refractivity contribution in [1.29, 1.82) is 0 Å². The minimum absolute atomic E-state index is 0.0830. The van der Waals surface area contributed by atoms with Gasteiger partial charge in [-0.05, 0) is 30.9 Å². The predicted molar refractivity (Wildman–Crippen MR) is 105 cm³/mol. The molecule has 0 radical (unpaired) electrons. The molecule has 4 rings (SSSR count). The van der Waals surface area contributed by atoms with Gasteiger partial charge in [-0.25, -0.2) is 4.98 Å². The molecule has 2 saturated heterocycles. The number of piperidine rings is 1. The van der Waals surface area contributed by atoms with Gasteiger partial charge < -0.3 is 14.4 Å². The molecule has 0 N–H and O–H groups in total. The minimum Gasteiger partial charge on any atom is -0.473 e. The van der Waals surface area contributed by atoms with Crippen LogP contribution >= 0.6 is 0 Å². The van der Waals surface area contributed by atoms with Crippen molar-refractivity contribution in [3.05, 3.63) is 54.0 Å². The molecule has 3 heterocycles. The van der Waals surface area contributed by atoms with Crippen LogP contribution in [0, 0.1) is 6.92 Å². The van der Waals surface area contributed by atoms with Crippen LogP contribution in [0.25, 0.3) is 0 Å². The molecular formula is C22H27N3O3. The molecule has 6 heteroatoms. The second-order valence-electron chi connectivity index (χ2n) is 7.79. The van der Waals surface area contributed by atoms with Gasteiger partial charge in [0.2, 0.25) is 11.8 Å². The Balaban J connectivity index is 1.32. The summed E-state index contributed by atoms with van der Waals surface area (Å²) in [7, 11) is 0. The van der Waals surface area contributed by atoms with E-state index in [1.807, 2.05) is 23.1 Å². The Labute approximate surface area is 165 Å². The molecule has 2 fully saturated rings. The standard InChI is InChI=1S/C22H27N3O3/c1-17-4-2-3-5-18(17)14-21(26)25-11-7-22(8-12-25)15-19(6-13-27-22)28-20-16-23-9-10-24-20/h2-5,9-10,16,19H,6-8,11-15H2,1H3. The van der Waals surface area contributed by atoms with Gasteiger partial charge in [-0.1, -0.05) is 24.3 Å². The monoisotopic (exact) mass is 381 g/mol. The zero-order valence-corrected chi connectivity index (χ0v) is 16.3. The Hall–Kier alpha value is -2.47. The summed E-state index contributed by atoms with van der Waals surface area (Å²) < 4.78 is 12.2. The lowest BCUT2D eigenvalue weighted by molar-refractivity contribution is -0.151. The van der Waals surface area contributed by atoms with E-state index in [-0.39, 0.29) is 17.6 Å². The first-order valence-corrected chi connectivity index (χ1v) is 10.0. The van der Waals surface area contributed by atoms with Gasteiger partial charge >= 0.3 is 0 Å². The van der Waals surface area contributed by atoms with Crippen molar-refractivity contribution in [2.24, 2.45) is 0 Å². The molecule has 0 aliphatic carbocycles. The molecule has 2 aliphatic heterocycles. The molecule has 1 aromatic heterocycles. The average Bonchev–Trinajstić information content (AvgIpc) is 2.71. The third-order valence-corrected chi connectivity index (χ3v) is 5.90. The number of carbonyl (C=O) groups is 1. The van der Waals surface area contributed by atoms with E-state index in [9.17, 15) is 4.79 Å². The van der Waals surface area contributed by atoms with Gasteiger partial charge in [0.05, 0.1) is 24.8 Å². The highest BCUT2D eigenvalue weighted by atomic mass is 16.5. The van der Waals surface area contributed by atoms with Crippen molar-refractivity contribution in [1.82, 2.24) is 14.9 Å². The Morgan fingerprint density at radius 2 is 2.11 bits per heavy atom. The highest BCUT2D eigenvalue weighted by Crippen LogP contribution is 2.36. The number of aromatic nitrogens is 2. The summed E-state index contributed by atoms with van der Waals surface area (Å²) in [6, 6.07) is 8.10. The van der Waals surface area contributed by atoms with Gasteiger partial charge in [-0.15, -0.1) is 0 Å². The van der Waals surface area contributed by atoms with E-state index < -0.39 is 0 Å². The van der Waals surface area contributed by atoms with Crippen molar-refractivity contribution >= 4 is 5.91 Å². The molecule has 1 aromatic carbocycles. The molecule has 2 aliphatic rings. The Bertz CT molecular complexity index is 804. The molecule has 6 nitrogen and oxygen atoms in total. The Kier molecular flexibility index (Phi) is 5.57. The second kappa shape index (κ2) is 8.27. The summed E-state index contributed by atoms with van der Waals surface area (Å²) >= 11 is 0. The normalized spacial score (nSPS) is 21.5. The highest BCUT2D eigenvalue weighted by Gasteiger charge is 2.42. The summed E-state index contributed by atoms with van der Waals surface area (Å²) in [4.78, 5) is 23.0. The summed E-state index contributed by atoms with van der Waals surface area (Å²) in [6.07, 6.45) is 8.88. The van der Waals surface area contributed by atoms with Crippen LogP contribution in [-0.4, -0.2) is 52.2 Å². The third kappa shape index (κ3) is 4.33. The van der Waals surface area contributed by atoms with Gasteiger partial charge in [-0.3, -0.25) is 9.78 Å². The van der Waals surface area contributed by atoms with E-state index >= 15 is 0 Å². The molecular weight excluding hydrogens is 354 g/mol. The quantitative estimate of drug-likeness (QED) is 0.815. The SMILES string of the molecule is Cc1ccccc1CC(=O)N1CCC2(CC1)CC(Oc1cnccn1)CCO2. The summed E-state index contributed by atoms with van der Waals surface area (Å²) in [5.74, 6) is 0.766. The first-order valence-electron chi connectivity index (χ1n) is 10.0. The Morgan fingerprint density at radius 3 is 2.86 bits per heavy atom. The number of amides is 1. The largest absolute Gasteiger partial charge is 0.473 e. The number of ether oxygens (including phenoxy) is 2. The molecule has 1 atom stereocenters. The van der Waals surface area contributed by atoms with Gasteiger partial charge in [-0.2, -0.15) is 0 Å². The number of benzene rings is 1. The van der Waals surface area contributed by atoms with E-state index in [2.05, 4.69) is 23.0 Å². The maximum atomic E-state index is 12.7. The first kappa shape index (κ1) is 18.9. The number of rotatable bonds is 4. The van der Waals surface area contributed by atoms with E-state index in [0.29, 0.717) is 18.9 Å². The number of nitrogens with zero attached hydrogens (tertiary/aromatic N) is 3. The van der Waals surface area contributed by atoms with Crippen LogP contribution in [0.4, 0.5) is 0 Å². The fourth-order valence-corrected chi connectivity index (χ4v) is 4.20. The van der Waals surface area contributed by atoms with Gasteiger partial charge in [0, 0.05) is 38.3 Å². The van der Waals surface area contributed by atoms with Gasteiger partial charge in [0.1, 0.15) is 6.10 Å². The van der Waals surface area contributed by atoms with E-state index in [1.54, 1.807) is 18.6 Å². The first-order chi connectivity index (χ1) is 13.6. The van der Waals surface area contributed by atoms with Crippen molar-refractivity contribution in [2.75, 3.05) is 19.7 Å². The van der Waals surface area contributed by atoms with E-state index in [4.69, 9.17) is 9.47 Å².